The quantitative estimate of drug-likeness (QED) is 0.363. The monoisotopic (exact) mass is 562 g/mol. The van der Waals surface area contributed by atoms with E-state index in [2.05, 4.69) is 11.9 Å². The molecule has 1 N–H and O–H groups in total. The van der Waals surface area contributed by atoms with Gasteiger partial charge in [0, 0.05) is 23.2 Å². The van der Waals surface area contributed by atoms with Gasteiger partial charge in [-0.1, -0.05) is 35.9 Å². The molecule has 2 aliphatic rings. The minimum Gasteiger partial charge on any atom is -0.493 e. The van der Waals surface area contributed by atoms with Gasteiger partial charge in [-0.15, -0.1) is 0 Å². The maximum atomic E-state index is 13.8. The molecule has 3 aromatic rings. The number of ether oxygens (including phenoxy) is 2. The molecule has 40 heavy (non-hydrogen) atoms. The van der Waals surface area contributed by atoms with Crippen molar-refractivity contribution in [3.63, 3.8) is 0 Å². The van der Waals surface area contributed by atoms with Crippen LogP contribution in [0.3, 0.4) is 0 Å². The number of halogens is 1. The summed E-state index contributed by atoms with van der Waals surface area (Å²) in [4.78, 5) is 17.9. The Bertz CT molecular complexity index is 1350. The first-order chi connectivity index (χ1) is 19.1. The Labute approximate surface area is 242 Å². The summed E-state index contributed by atoms with van der Waals surface area (Å²) in [6.45, 7) is 7.79. The van der Waals surface area contributed by atoms with Crippen LogP contribution in [0.5, 0.6) is 11.5 Å². The van der Waals surface area contributed by atoms with E-state index in [1.807, 2.05) is 86.3 Å². The van der Waals surface area contributed by atoms with Gasteiger partial charge in [0.2, 0.25) is 5.91 Å². The summed E-state index contributed by atoms with van der Waals surface area (Å²) < 4.78 is 11.7. The summed E-state index contributed by atoms with van der Waals surface area (Å²) in [5.74, 6) is 1.40. The zero-order valence-electron chi connectivity index (χ0n) is 24.0. The van der Waals surface area contributed by atoms with Crippen molar-refractivity contribution >= 4 is 23.2 Å². The molecule has 2 heterocycles. The molecule has 3 aromatic carbocycles. The number of benzene rings is 3. The number of piperidine rings is 1. The first kappa shape index (κ1) is 28.5. The van der Waals surface area contributed by atoms with Gasteiger partial charge >= 0.3 is 0 Å². The number of carbonyl (C=O) groups excluding carboxylic acids is 1. The number of likely N-dealkylation sites (tertiary alicyclic amines) is 1. The smallest absolute Gasteiger partial charge is 0.232 e. The van der Waals surface area contributed by atoms with Gasteiger partial charge in [0.15, 0.2) is 11.5 Å². The number of methoxy groups -OCH3 is 1. The maximum Gasteiger partial charge on any atom is 0.232 e. The highest BCUT2D eigenvalue weighted by Crippen LogP contribution is 2.44. The van der Waals surface area contributed by atoms with Gasteiger partial charge in [-0.3, -0.25) is 4.79 Å². The summed E-state index contributed by atoms with van der Waals surface area (Å²) in [7, 11) is 3.72. The number of anilines is 1. The Kier molecular flexibility index (Phi) is 8.14. The van der Waals surface area contributed by atoms with Crippen molar-refractivity contribution < 1.29 is 19.4 Å². The lowest BCUT2D eigenvalue weighted by Gasteiger charge is -2.40. The molecule has 1 unspecified atom stereocenters. The van der Waals surface area contributed by atoms with Crippen LogP contribution >= 0.6 is 11.6 Å². The van der Waals surface area contributed by atoms with Crippen LogP contribution in [-0.2, 0) is 16.8 Å². The van der Waals surface area contributed by atoms with Crippen molar-refractivity contribution in [3.8, 4) is 11.5 Å². The molecule has 0 spiro atoms. The van der Waals surface area contributed by atoms with Gasteiger partial charge in [-0.25, -0.2) is 0 Å². The third-order valence-electron chi connectivity index (χ3n) is 8.29. The van der Waals surface area contributed by atoms with Crippen LogP contribution in [-0.4, -0.2) is 49.3 Å². The summed E-state index contributed by atoms with van der Waals surface area (Å²) in [5, 5.41) is 12.2. The number of fused-ring (bicyclic) bond motifs is 1. The number of aliphatic hydroxyl groups is 1. The van der Waals surface area contributed by atoms with Crippen LogP contribution in [0.4, 0.5) is 5.69 Å². The Hall–Kier alpha value is -3.06. The number of rotatable bonds is 7. The van der Waals surface area contributed by atoms with Gasteiger partial charge < -0.3 is 24.4 Å². The van der Waals surface area contributed by atoms with Crippen molar-refractivity contribution in [1.82, 2.24) is 4.90 Å². The average Bonchev–Trinajstić information content (AvgIpc) is 2.92. The fourth-order valence-corrected chi connectivity index (χ4v) is 6.28. The second-order valence-electron chi connectivity index (χ2n) is 11.6. The predicted molar refractivity (Wildman–Crippen MR) is 159 cm³/mol. The fraction of sp³-hybridized carbons (Fsp3) is 0.424. The summed E-state index contributed by atoms with van der Waals surface area (Å²) >= 11 is 6.24. The third kappa shape index (κ3) is 5.58. The first-order valence-corrected chi connectivity index (χ1v) is 14.4. The molecule has 0 bridgehead atoms. The Morgan fingerprint density at radius 3 is 2.38 bits per heavy atom. The molecule has 6 nitrogen and oxygen atoms in total. The highest BCUT2D eigenvalue weighted by molar-refractivity contribution is 6.30. The van der Waals surface area contributed by atoms with E-state index >= 15 is 0 Å². The van der Waals surface area contributed by atoms with Crippen LogP contribution in [0.25, 0.3) is 0 Å². The van der Waals surface area contributed by atoms with Gasteiger partial charge in [0.25, 0.3) is 0 Å². The zero-order valence-corrected chi connectivity index (χ0v) is 24.7. The van der Waals surface area contributed by atoms with Crippen molar-refractivity contribution in [2.24, 2.45) is 5.92 Å². The van der Waals surface area contributed by atoms with Gasteiger partial charge in [-0.2, -0.15) is 0 Å². The number of amides is 1. The molecular formula is C33H39ClN2O4. The molecular weight excluding hydrogens is 524 g/mol. The molecule has 212 valence electrons. The molecule has 0 aromatic heterocycles. The standard InChI is InChI=1S/C33H39ClN2O4/c1-21(2)40-30-19-28-23(17-29(30)39-5)18-31(37)36(32(28)22-8-12-26(34)13-9-22)27-14-10-24(11-15-27)33(3,38)25-7-6-16-35(4)20-25/h8-15,17,19,21,25,32,38H,6-7,16,18,20H2,1-5H3/t25-,32-,33?/m0/s1. The van der Waals surface area contributed by atoms with E-state index in [0.717, 1.165) is 53.9 Å². The SMILES string of the molecule is COc1cc2c(cc1OC(C)C)[C@H](c1ccc(Cl)cc1)N(c1ccc(C(C)(O)[C@H]3CCCN(C)C3)cc1)C(=O)C2. The fourth-order valence-electron chi connectivity index (χ4n) is 6.15. The van der Waals surface area contributed by atoms with Crippen LogP contribution in [0.2, 0.25) is 5.02 Å². The van der Waals surface area contributed by atoms with E-state index in [1.165, 1.54) is 0 Å². The summed E-state index contributed by atoms with van der Waals surface area (Å²) in [6.07, 6.45) is 2.27. The van der Waals surface area contributed by atoms with Gasteiger partial charge in [-0.05, 0) is 106 Å². The van der Waals surface area contributed by atoms with E-state index in [1.54, 1.807) is 7.11 Å². The largest absolute Gasteiger partial charge is 0.493 e. The highest BCUT2D eigenvalue weighted by atomic mass is 35.5. The summed E-state index contributed by atoms with van der Waals surface area (Å²) in [6, 6.07) is 19.0. The average molecular weight is 563 g/mol. The van der Waals surface area contributed by atoms with Crippen LogP contribution in [0.15, 0.2) is 60.7 Å². The molecule has 1 fully saturated rings. The first-order valence-electron chi connectivity index (χ1n) is 14.0. The van der Waals surface area contributed by atoms with Crippen molar-refractivity contribution in [1.29, 1.82) is 0 Å². The Morgan fingerprint density at radius 1 is 1.05 bits per heavy atom. The topological polar surface area (TPSA) is 62.2 Å². The van der Waals surface area contributed by atoms with Crippen molar-refractivity contribution in [2.75, 3.05) is 32.1 Å². The van der Waals surface area contributed by atoms with Gasteiger partial charge in [0.05, 0.1) is 31.3 Å². The normalized spacial score (nSPS) is 21.2. The molecule has 0 aliphatic carbocycles. The third-order valence-corrected chi connectivity index (χ3v) is 8.54. The molecule has 1 amide bonds. The van der Waals surface area contributed by atoms with E-state index in [4.69, 9.17) is 21.1 Å². The second-order valence-corrected chi connectivity index (χ2v) is 12.0. The lowest BCUT2D eigenvalue weighted by atomic mass is 9.78. The van der Waals surface area contributed by atoms with Crippen molar-refractivity contribution in [2.45, 2.75) is 57.8 Å². The Balaban J connectivity index is 1.57. The predicted octanol–water partition coefficient (Wildman–Crippen LogP) is 6.36. The molecule has 7 heteroatoms. The van der Waals surface area contributed by atoms with E-state index in [0.29, 0.717) is 16.5 Å². The molecule has 0 saturated carbocycles. The highest BCUT2D eigenvalue weighted by Gasteiger charge is 2.38. The molecule has 3 atom stereocenters. The molecule has 0 radical (unpaired) electrons. The molecule has 2 aliphatic heterocycles. The van der Waals surface area contributed by atoms with Crippen molar-refractivity contribution in [3.05, 3.63) is 87.9 Å². The lowest BCUT2D eigenvalue weighted by molar-refractivity contribution is -0.118. The van der Waals surface area contributed by atoms with E-state index in [-0.39, 0.29) is 30.4 Å². The minimum atomic E-state index is -0.957. The maximum absolute atomic E-state index is 13.8. The van der Waals surface area contributed by atoms with E-state index < -0.39 is 5.60 Å². The zero-order chi connectivity index (χ0) is 28.6. The lowest BCUT2D eigenvalue weighted by Crippen LogP contribution is -2.43. The van der Waals surface area contributed by atoms with Crippen LogP contribution in [0, 0.1) is 5.92 Å². The van der Waals surface area contributed by atoms with E-state index in [9.17, 15) is 9.90 Å². The van der Waals surface area contributed by atoms with Crippen LogP contribution < -0.4 is 14.4 Å². The minimum absolute atomic E-state index is 0.0135. The second kappa shape index (κ2) is 11.4. The molecule has 1 saturated heterocycles. The number of carbonyl (C=O) groups is 1. The molecule has 5 rings (SSSR count). The Morgan fingerprint density at radius 2 is 1.75 bits per heavy atom. The number of hydrogen-bond donors (Lipinski definition) is 1. The number of nitrogens with zero attached hydrogens (tertiary/aromatic N) is 2. The summed E-state index contributed by atoms with van der Waals surface area (Å²) in [5.41, 5.74) is 3.52. The number of hydrogen-bond acceptors (Lipinski definition) is 5. The van der Waals surface area contributed by atoms with Gasteiger partial charge in [0.1, 0.15) is 0 Å². The van der Waals surface area contributed by atoms with Crippen LogP contribution in [0.1, 0.15) is 61.9 Å².